The van der Waals surface area contributed by atoms with E-state index >= 15 is 0 Å². The van der Waals surface area contributed by atoms with E-state index in [2.05, 4.69) is 17.3 Å². The highest BCUT2D eigenvalue weighted by Crippen LogP contribution is 2.15. The number of hydrogen-bond acceptors (Lipinski definition) is 2. The van der Waals surface area contributed by atoms with Crippen molar-refractivity contribution < 1.29 is 4.39 Å². The molecule has 1 heterocycles. The van der Waals surface area contributed by atoms with Gasteiger partial charge in [0.2, 0.25) is 0 Å². The second-order valence-electron chi connectivity index (χ2n) is 5.50. The van der Waals surface area contributed by atoms with Crippen LogP contribution in [-0.2, 0) is 6.54 Å². The smallest absolute Gasteiger partial charge is 0.129 e. The van der Waals surface area contributed by atoms with Gasteiger partial charge in [0.05, 0.1) is 0 Å². The average Bonchev–Trinajstić information content (AvgIpc) is 2.35. The molecule has 0 amide bonds. The van der Waals surface area contributed by atoms with Crippen molar-refractivity contribution in [1.82, 2.24) is 10.2 Å². The maximum Gasteiger partial charge on any atom is 0.129 e. The van der Waals surface area contributed by atoms with Crippen LogP contribution in [0.5, 0.6) is 0 Å². The highest BCUT2D eigenvalue weighted by molar-refractivity contribution is 5.30. The van der Waals surface area contributed by atoms with Gasteiger partial charge in [-0.2, -0.15) is 0 Å². The fraction of sp³-hybridized carbons (Fsp3) is 0.600. The summed E-state index contributed by atoms with van der Waals surface area (Å²) in [6, 6.07) is 4.50. The Morgan fingerprint density at radius 3 is 2.33 bits per heavy atom. The number of benzene rings is 1. The van der Waals surface area contributed by atoms with Crippen LogP contribution < -0.4 is 5.32 Å². The van der Waals surface area contributed by atoms with Crippen LogP contribution in [0.1, 0.15) is 29.5 Å². The Morgan fingerprint density at radius 2 is 1.78 bits per heavy atom. The number of likely N-dealkylation sites (tertiary alicyclic amines) is 1. The van der Waals surface area contributed by atoms with Crippen molar-refractivity contribution in [3.8, 4) is 0 Å². The van der Waals surface area contributed by atoms with E-state index < -0.39 is 0 Å². The van der Waals surface area contributed by atoms with Crippen LogP contribution in [0.25, 0.3) is 0 Å². The Hall–Kier alpha value is -0.930. The molecule has 1 aliphatic heterocycles. The number of nitrogens with zero attached hydrogens (tertiary/aromatic N) is 1. The third-order valence-electron chi connectivity index (χ3n) is 3.81. The van der Waals surface area contributed by atoms with E-state index in [4.69, 9.17) is 0 Å². The molecule has 1 fully saturated rings. The quantitative estimate of drug-likeness (QED) is 0.887. The SMILES string of the molecule is Cc1cc(CNC2CCN(C)CC2)cc(C)c1F. The number of piperidine rings is 1. The van der Waals surface area contributed by atoms with Crippen LogP contribution in [-0.4, -0.2) is 31.1 Å². The third kappa shape index (κ3) is 3.30. The van der Waals surface area contributed by atoms with Gasteiger partial charge in [0.25, 0.3) is 0 Å². The van der Waals surface area contributed by atoms with Crippen molar-refractivity contribution in [2.75, 3.05) is 20.1 Å². The molecule has 0 unspecified atom stereocenters. The lowest BCUT2D eigenvalue weighted by Gasteiger charge is -2.29. The first-order valence-corrected chi connectivity index (χ1v) is 6.74. The van der Waals surface area contributed by atoms with Crippen LogP contribution in [0.2, 0.25) is 0 Å². The van der Waals surface area contributed by atoms with Crippen molar-refractivity contribution in [2.45, 2.75) is 39.3 Å². The Balaban J connectivity index is 1.90. The van der Waals surface area contributed by atoms with E-state index in [0.717, 1.165) is 17.7 Å². The van der Waals surface area contributed by atoms with Crippen molar-refractivity contribution in [3.63, 3.8) is 0 Å². The summed E-state index contributed by atoms with van der Waals surface area (Å²) in [4.78, 5) is 2.37. The van der Waals surface area contributed by atoms with Gasteiger partial charge in [-0.1, -0.05) is 12.1 Å². The van der Waals surface area contributed by atoms with Crippen LogP contribution in [0.4, 0.5) is 4.39 Å². The van der Waals surface area contributed by atoms with Crippen LogP contribution in [0, 0.1) is 19.7 Å². The normalized spacial score (nSPS) is 18.2. The standard InChI is InChI=1S/C15H23FN2/c1-11-8-13(9-12(2)15(11)16)10-17-14-4-6-18(3)7-5-14/h8-9,14,17H,4-7,10H2,1-3H3. The molecule has 0 aliphatic carbocycles. The number of rotatable bonds is 3. The lowest BCUT2D eigenvalue weighted by Crippen LogP contribution is -2.40. The highest BCUT2D eigenvalue weighted by Gasteiger charge is 2.15. The predicted molar refractivity (Wildman–Crippen MR) is 73.2 cm³/mol. The summed E-state index contributed by atoms with van der Waals surface area (Å²) in [6.07, 6.45) is 2.41. The van der Waals surface area contributed by atoms with Gasteiger partial charge >= 0.3 is 0 Å². The first-order chi connectivity index (χ1) is 8.56. The molecule has 1 saturated heterocycles. The summed E-state index contributed by atoms with van der Waals surface area (Å²) in [5, 5.41) is 3.58. The van der Waals surface area contributed by atoms with E-state index in [-0.39, 0.29) is 5.82 Å². The summed E-state index contributed by atoms with van der Waals surface area (Å²) < 4.78 is 13.5. The van der Waals surface area contributed by atoms with Gasteiger partial charge in [-0.25, -0.2) is 4.39 Å². The fourth-order valence-corrected chi connectivity index (χ4v) is 2.61. The minimum Gasteiger partial charge on any atom is -0.310 e. The monoisotopic (exact) mass is 250 g/mol. The molecule has 1 aromatic carbocycles. The Bertz CT molecular complexity index is 386. The number of aryl methyl sites for hydroxylation is 2. The molecule has 1 aliphatic rings. The molecule has 0 aromatic heterocycles. The average molecular weight is 250 g/mol. The zero-order valence-electron chi connectivity index (χ0n) is 11.6. The highest BCUT2D eigenvalue weighted by atomic mass is 19.1. The Kier molecular flexibility index (Phi) is 4.36. The van der Waals surface area contributed by atoms with Crippen molar-refractivity contribution in [1.29, 1.82) is 0 Å². The lowest BCUT2D eigenvalue weighted by molar-refractivity contribution is 0.234. The Labute approximate surface area is 109 Å². The maximum atomic E-state index is 13.5. The third-order valence-corrected chi connectivity index (χ3v) is 3.81. The van der Waals surface area contributed by atoms with Crippen LogP contribution in [0.15, 0.2) is 12.1 Å². The van der Waals surface area contributed by atoms with Crippen molar-refractivity contribution in [2.24, 2.45) is 0 Å². The van der Waals surface area contributed by atoms with E-state index in [9.17, 15) is 4.39 Å². The minimum absolute atomic E-state index is 0.0713. The summed E-state index contributed by atoms with van der Waals surface area (Å²) >= 11 is 0. The molecule has 2 rings (SSSR count). The van der Waals surface area contributed by atoms with E-state index in [1.54, 1.807) is 0 Å². The molecule has 18 heavy (non-hydrogen) atoms. The van der Waals surface area contributed by atoms with Gasteiger partial charge in [0, 0.05) is 12.6 Å². The molecule has 3 heteroatoms. The van der Waals surface area contributed by atoms with E-state index in [0.29, 0.717) is 6.04 Å². The number of hydrogen-bond donors (Lipinski definition) is 1. The molecule has 0 radical (unpaired) electrons. The molecule has 1 N–H and O–H groups in total. The van der Waals surface area contributed by atoms with Gasteiger partial charge in [0.1, 0.15) is 5.82 Å². The molecule has 0 spiro atoms. The molecule has 0 bridgehead atoms. The zero-order chi connectivity index (χ0) is 13.1. The molecule has 0 saturated carbocycles. The summed E-state index contributed by atoms with van der Waals surface area (Å²) in [6.45, 7) is 6.84. The summed E-state index contributed by atoms with van der Waals surface area (Å²) in [5.74, 6) is -0.0713. The van der Waals surface area contributed by atoms with Gasteiger partial charge in [-0.05, 0) is 63.5 Å². The largest absolute Gasteiger partial charge is 0.310 e. The van der Waals surface area contributed by atoms with Crippen LogP contribution >= 0.6 is 0 Å². The van der Waals surface area contributed by atoms with E-state index in [1.807, 2.05) is 26.0 Å². The number of nitrogens with one attached hydrogen (secondary N) is 1. The maximum absolute atomic E-state index is 13.5. The van der Waals surface area contributed by atoms with Crippen LogP contribution in [0.3, 0.4) is 0 Å². The van der Waals surface area contributed by atoms with Gasteiger partial charge in [0.15, 0.2) is 0 Å². The fourth-order valence-electron chi connectivity index (χ4n) is 2.61. The first-order valence-electron chi connectivity index (χ1n) is 6.74. The van der Waals surface area contributed by atoms with Crippen molar-refractivity contribution >= 4 is 0 Å². The summed E-state index contributed by atoms with van der Waals surface area (Å²) in [7, 11) is 2.17. The summed E-state index contributed by atoms with van der Waals surface area (Å²) in [5.41, 5.74) is 2.68. The molecule has 0 atom stereocenters. The van der Waals surface area contributed by atoms with Gasteiger partial charge in [-0.15, -0.1) is 0 Å². The second kappa shape index (κ2) is 5.81. The van der Waals surface area contributed by atoms with E-state index in [1.165, 1.54) is 31.5 Å². The molecular weight excluding hydrogens is 227 g/mol. The second-order valence-corrected chi connectivity index (χ2v) is 5.50. The van der Waals surface area contributed by atoms with Gasteiger partial charge < -0.3 is 10.2 Å². The first kappa shape index (κ1) is 13.5. The molecule has 2 nitrogen and oxygen atoms in total. The Morgan fingerprint density at radius 1 is 1.22 bits per heavy atom. The minimum atomic E-state index is -0.0713. The topological polar surface area (TPSA) is 15.3 Å². The van der Waals surface area contributed by atoms with Gasteiger partial charge in [-0.3, -0.25) is 0 Å². The molecule has 100 valence electrons. The molecular formula is C15H23FN2. The zero-order valence-corrected chi connectivity index (χ0v) is 11.6. The lowest BCUT2D eigenvalue weighted by atomic mass is 10.0. The van der Waals surface area contributed by atoms with Crippen molar-refractivity contribution in [3.05, 3.63) is 34.6 Å². The number of halogens is 1. The predicted octanol–water partition coefficient (Wildman–Crippen LogP) is 2.63. The molecule has 1 aromatic rings.